The van der Waals surface area contributed by atoms with Crippen LogP contribution in [0, 0.1) is 0 Å². The molecule has 130 valence electrons. The van der Waals surface area contributed by atoms with Gasteiger partial charge in [0, 0.05) is 30.7 Å². The Morgan fingerprint density at radius 2 is 2.04 bits per heavy atom. The lowest BCUT2D eigenvalue weighted by atomic mass is 10.1. The number of nitrogens with two attached hydrogens (primary N) is 1. The van der Waals surface area contributed by atoms with E-state index in [4.69, 9.17) is 5.73 Å². The fraction of sp³-hybridized carbons (Fsp3) is 0.533. The number of carbonyl (C=O) groups excluding carboxylic acids is 1. The van der Waals surface area contributed by atoms with Gasteiger partial charge in [-0.1, -0.05) is 0 Å². The van der Waals surface area contributed by atoms with Crippen LogP contribution in [0.25, 0.3) is 0 Å². The topological polar surface area (TPSA) is 92.5 Å². The van der Waals surface area contributed by atoms with Gasteiger partial charge in [0.2, 0.25) is 15.9 Å². The number of nitrogens with zero attached hydrogens (tertiary/aromatic N) is 1. The highest BCUT2D eigenvalue weighted by Crippen LogP contribution is 2.33. The molecule has 0 saturated heterocycles. The molecule has 0 bridgehead atoms. The van der Waals surface area contributed by atoms with E-state index in [9.17, 15) is 13.2 Å². The number of rotatable bonds is 4. The Labute approximate surface area is 143 Å². The summed E-state index contributed by atoms with van der Waals surface area (Å²) in [6, 6.07) is 4.91. The van der Waals surface area contributed by atoms with Gasteiger partial charge in [-0.05, 0) is 51.0 Å². The number of sulfonamides is 1. The Kier molecular flexibility index (Phi) is 5.85. The predicted octanol–water partition coefficient (Wildman–Crippen LogP) is 1.42. The van der Waals surface area contributed by atoms with Crippen molar-refractivity contribution in [3.8, 4) is 0 Å². The first-order chi connectivity index (χ1) is 10.0. The molecular weight excluding hydrogens is 338 g/mol. The van der Waals surface area contributed by atoms with E-state index in [1.807, 2.05) is 6.92 Å². The highest BCUT2D eigenvalue weighted by Gasteiger charge is 2.30. The normalized spacial score (nSPS) is 17.6. The Bertz CT molecular complexity index is 698. The average Bonchev–Trinajstić information content (AvgIpc) is 2.70. The highest BCUT2D eigenvalue weighted by molar-refractivity contribution is 7.89. The van der Waals surface area contributed by atoms with Crippen molar-refractivity contribution >= 4 is 34.0 Å². The van der Waals surface area contributed by atoms with Gasteiger partial charge < -0.3 is 10.6 Å². The van der Waals surface area contributed by atoms with Crippen LogP contribution < -0.4 is 15.4 Å². The number of halogens is 1. The first-order valence-corrected chi connectivity index (χ1v) is 8.71. The molecule has 1 unspecified atom stereocenters. The Morgan fingerprint density at radius 3 is 2.57 bits per heavy atom. The van der Waals surface area contributed by atoms with Gasteiger partial charge in [-0.3, -0.25) is 4.79 Å². The van der Waals surface area contributed by atoms with Crippen LogP contribution in [0.15, 0.2) is 23.1 Å². The molecule has 23 heavy (non-hydrogen) atoms. The number of hydrogen-bond donors (Lipinski definition) is 2. The second-order valence-electron chi connectivity index (χ2n) is 6.55. The number of fused-ring (bicyclic) bond motifs is 1. The summed E-state index contributed by atoms with van der Waals surface area (Å²) in [6.45, 7) is 7.13. The van der Waals surface area contributed by atoms with Crippen LogP contribution in [0.4, 0.5) is 5.69 Å². The molecule has 0 aliphatic carbocycles. The minimum Gasteiger partial charge on any atom is -0.324 e. The predicted molar refractivity (Wildman–Crippen MR) is 93.5 cm³/mol. The summed E-state index contributed by atoms with van der Waals surface area (Å²) in [4.78, 5) is 13.6. The maximum Gasteiger partial charge on any atom is 0.240 e. The molecule has 0 radical (unpaired) electrons. The Balaban J connectivity index is 0.00000264. The quantitative estimate of drug-likeness (QED) is 0.848. The van der Waals surface area contributed by atoms with E-state index < -0.39 is 15.6 Å². The summed E-state index contributed by atoms with van der Waals surface area (Å²) < 4.78 is 27.2. The lowest BCUT2D eigenvalue weighted by Gasteiger charge is -2.21. The smallest absolute Gasteiger partial charge is 0.240 e. The molecule has 1 aliphatic rings. The monoisotopic (exact) mass is 361 g/mol. The maximum absolute atomic E-state index is 12.3. The van der Waals surface area contributed by atoms with Gasteiger partial charge >= 0.3 is 0 Å². The minimum atomic E-state index is -3.60. The molecule has 0 fully saturated rings. The Morgan fingerprint density at radius 1 is 1.43 bits per heavy atom. The van der Waals surface area contributed by atoms with Crippen LogP contribution in [-0.2, 0) is 21.2 Å². The van der Waals surface area contributed by atoms with E-state index in [2.05, 4.69) is 4.72 Å². The van der Waals surface area contributed by atoms with E-state index in [0.29, 0.717) is 6.42 Å². The van der Waals surface area contributed by atoms with Crippen molar-refractivity contribution < 1.29 is 13.2 Å². The summed E-state index contributed by atoms with van der Waals surface area (Å²) in [5.74, 6) is -0.0372. The summed E-state index contributed by atoms with van der Waals surface area (Å²) in [7, 11) is -3.60. The molecule has 1 atom stereocenters. The fourth-order valence-electron chi connectivity index (χ4n) is 2.62. The van der Waals surface area contributed by atoms with E-state index in [1.54, 1.807) is 30.9 Å². The first-order valence-electron chi connectivity index (χ1n) is 7.22. The van der Waals surface area contributed by atoms with Gasteiger partial charge in [0.05, 0.1) is 4.90 Å². The molecule has 0 spiro atoms. The molecule has 2 rings (SSSR count). The van der Waals surface area contributed by atoms with E-state index in [-0.39, 0.29) is 35.8 Å². The lowest BCUT2D eigenvalue weighted by Crippen LogP contribution is -2.45. The average molecular weight is 362 g/mol. The Hall–Kier alpha value is -1.15. The van der Waals surface area contributed by atoms with Crippen molar-refractivity contribution in [2.45, 2.75) is 50.6 Å². The maximum atomic E-state index is 12.3. The van der Waals surface area contributed by atoms with Gasteiger partial charge in [0.1, 0.15) is 0 Å². The van der Waals surface area contributed by atoms with Crippen LogP contribution in [0.3, 0.4) is 0 Å². The SMILES string of the molecule is CC(=O)N1c2ccc(S(=O)(=O)NCC(C)(C)N)cc2CC1C.Cl. The number of benzene rings is 1. The number of nitrogens with one attached hydrogen (secondary N) is 1. The molecule has 0 aromatic heterocycles. The molecule has 8 heteroatoms. The molecule has 1 heterocycles. The highest BCUT2D eigenvalue weighted by atomic mass is 35.5. The summed E-state index contributed by atoms with van der Waals surface area (Å²) >= 11 is 0. The van der Waals surface area contributed by atoms with Crippen molar-refractivity contribution in [1.82, 2.24) is 4.72 Å². The number of anilines is 1. The number of carbonyl (C=O) groups is 1. The van der Waals surface area contributed by atoms with Gasteiger partial charge in [-0.25, -0.2) is 13.1 Å². The fourth-order valence-corrected chi connectivity index (χ4v) is 3.89. The van der Waals surface area contributed by atoms with Crippen LogP contribution in [-0.4, -0.2) is 32.5 Å². The molecule has 6 nitrogen and oxygen atoms in total. The van der Waals surface area contributed by atoms with Crippen molar-refractivity contribution in [3.05, 3.63) is 23.8 Å². The van der Waals surface area contributed by atoms with Crippen LogP contribution >= 0.6 is 12.4 Å². The van der Waals surface area contributed by atoms with Gasteiger partial charge in [0.25, 0.3) is 0 Å². The second-order valence-corrected chi connectivity index (χ2v) is 8.31. The summed E-state index contributed by atoms with van der Waals surface area (Å²) in [5, 5.41) is 0. The number of hydrogen-bond acceptors (Lipinski definition) is 4. The molecule has 0 saturated carbocycles. The summed E-state index contributed by atoms with van der Waals surface area (Å²) in [5.41, 5.74) is 6.85. The largest absolute Gasteiger partial charge is 0.324 e. The second kappa shape index (κ2) is 6.76. The van der Waals surface area contributed by atoms with E-state index in [0.717, 1.165) is 11.3 Å². The number of amides is 1. The van der Waals surface area contributed by atoms with E-state index in [1.165, 1.54) is 13.0 Å². The first kappa shape index (κ1) is 19.9. The standard InChI is InChI=1S/C15H23N3O3S.ClH/c1-10-7-12-8-13(5-6-14(12)18(10)11(2)19)22(20,21)17-9-15(3,4)16;/h5-6,8,10,17H,7,9,16H2,1-4H3;1H. The van der Waals surface area contributed by atoms with Crippen molar-refractivity contribution in [3.63, 3.8) is 0 Å². The molecular formula is C15H24ClN3O3S. The molecule has 1 aromatic rings. The zero-order valence-electron chi connectivity index (χ0n) is 13.8. The molecule has 1 amide bonds. The van der Waals surface area contributed by atoms with Crippen molar-refractivity contribution in [2.24, 2.45) is 5.73 Å². The van der Waals surface area contributed by atoms with Crippen LogP contribution in [0.1, 0.15) is 33.3 Å². The van der Waals surface area contributed by atoms with Gasteiger partial charge in [0.15, 0.2) is 0 Å². The van der Waals surface area contributed by atoms with Gasteiger partial charge in [-0.15, -0.1) is 12.4 Å². The lowest BCUT2D eigenvalue weighted by molar-refractivity contribution is -0.116. The van der Waals surface area contributed by atoms with Crippen LogP contribution in [0.5, 0.6) is 0 Å². The van der Waals surface area contributed by atoms with E-state index >= 15 is 0 Å². The molecule has 1 aromatic carbocycles. The van der Waals surface area contributed by atoms with Gasteiger partial charge in [-0.2, -0.15) is 0 Å². The zero-order chi connectivity index (χ0) is 16.7. The third kappa shape index (κ3) is 4.44. The summed E-state index contributed by atoms with van der Waals surface area (Å²) in [6.07, 6.45) is 0.653. The van der Waals surface area contributed by atoms with Crippen molar-refractivity contribution in [2.75, 3.05) is 11.4 Å². The zero-order valence-corrected chi connectivity index (χ0v) is 15.4. The third-order valence-electron chi connectivity index (χ3n) is 3.63. The third-order valence-corrected chi connectivity index (χ3v) is 5.03. The molecule has 1 aliphatic heterocycles. The minimum absolute atomic E-state index is 0. The van der Waals surface area contributed by atoms with Crippen molar-refractivity contribution in [1.29, 1.82) is 0 Å². The van der Waals surface area contributed by atoms with Crippen LogP contribution in [0.2, 0.25) is 0 Å². The molecule has 3 N–H and O–H groups in total.